The molecule has 0 aliphatic rings. The van der Waals surface area contributed by atoms with Crippen molar-refractivity contribution in [3.05, 3.63) is 22.8 Å². The number of rotatable bonds is 1. The van der Waals surface area contributed by atoms with E-state index < -0.39 is 0 Å². The van der Waals surface area contributed by atoms with Crippen molar-refractivity contribution in [2.24, 2.45) is 0 Å². The van der Waals surface area contributed by atoms with Gasteiger partial charge in [0.1, 0.15) is 0 Å². The van der Waals surface area contributed by atoms with Gasteiger partial charge in [-0.2, -0.15) is 0 Å². The normalized spacial score (nSPS) is 9.56. The van der Waals surface area contributed by atoms with E-state index in [2.05, 4.69) is 20.9 Å². The van der Waals surface area contributed by atoms with Crippen LogP contribution in [-0.2, 0) is 0 Å². The van der Waals surface area contributed by atoms with Crippen LogP contribution in [0.25, 0.3) is 0 Å². The Kier molecular flexibility index (Phi) is 2.54. The summed E-state index contributed by atoms with van der Waals surface area (Å²) < 4.78 is 1.09. The van der Waals surface area contributed by atoms with E-state index in [0.29, 0.717) is 0 Å². The summed E-state index contributed by atoms with van der Waals surface area (Å²) >= 11 is 4.99. The predicted molar refractivity (Wildman–Crippen MR) is 43.7 cm³/mol. The first kappa shape index (κ1) is 7.09. The second kappa shape index (κ2) is 3.22. The van der Waals surface area contributed by atoms with Gasteiger partial charge in [-0.05, 0) is 18.4 Å². The zero-order valence-corrected chi connectivity index (χ0v) is 7.37. The second-order valence-corrected chi connectivity index (χ2v) is 3.26. The third kappa shape index (κ3) is 1.99. The summed E-state index contributed by atoms with van der Waals surface area (Å²) in [7, 11) is 0. The van der Waals surface area contributed by atoms with E-state index in [4.69, 9.17) is 0 Å². The first-order valence-corrected chi connectivity index (χ1v) is 4.50. The maximum Gasteiger partial charge on any atom is 0.0968 e. The van der Waals surface area contributed by atoms with Crippen LogP contribution in [0, 0.1) is 0 Å². The minimum atomic E-state index is 1.05. The largest absolute Gasteiger partial charge is 0.250 e. The molecule has 0 saturated heterocycles. The van der Waals surface area contributed by atoms with Crippen molar-refractivity contribution < 1.29 is 0 Å². The number of halogens is 1. The van der Waals surface area contributed by atoms with Crippen LogP contribution < -0.4 is 0 Å². The smallest absolute Gasteiger partial charge is 0.0968 e. The Hall–Kier alpha value is -0.0200. The molecule has 0 spiro atoms. The molecule has 0 aromatic carbocycles. The van der Waals surface area contributed by atoms with Crippen molar-refractivity contribution in [2.45, 2.75) is 5.03 Å². The second-order valence-electron chi connectivity index (χ2n) is 1.52. The Bertz CT molecular complexity index is 202. The van der Waals surface area contributed by atoms with Crippen LogP contribution in [0.2, 0.25) is 0 Å². The fraction of sp³-hybridized carbons (Fsp3) is 0.167. The fourth-order valence-corrected chi connectivity index (χ4v) is 1.39. The van der Waals surface area contributed by atoms with Gasteiger partial charge in [0.25, 0.3) is 0 Å². The number of hydrogen-bond acceptors (Lipinski definition) is 2. The van der Waals surface area contributed by atoms with Crippen LogP contribution in [0.5, 0.6) is 0 Å². The van der Waals surface area contributed by atoms with Crippen LogP contribution in [0.15, 0.2) is 27.8 Å². The molecular formula is C6H6BrNS. The van der Waals surface area contributed by atoms with Crippen molar-refractivity contribution in [2.75, 3.05) is 6.26 Å². The number of aromatic nitrogens is 1. The number of nitrogens with zero attached hydrogens (tertiary/aromatic N) is 1. The number of hydrogen-bond donors (Lipinski definition) is 0. The van der Waals surface area contributed by atoms with E-state index in [1.54, 1.807) is 18.0 Å². The van der Waals surface area contributed by atoms with E-state index in [-0.39, 0.29) is 0 Å². The lowest BCUT2D eigenvalue weighted by atomic mass is 10.5. The zero-order valence-electron chi connectivity index (χ0n) is 4.97. The molecular weight excluding hydrogens is 198 g/mol. The lowest BCUT2D eigenvalue weighted by molar-refractivity contribution is 1.13. The summed E-state index contributed by atoms with van der Waals surface area (Å²) in [5.41, 5.74) is 0. The summed E-state index contributed by atoms with van der Waals surface area (Å²) in [6.45, 7) is 0. The molecule has 48 valence electrons. The average Bonchev–Trinajstić information content (AvgIpc) is 1.88. The molecule has 9 heavy (non-hydrogen) atoms. The summed E-state index contributed by atoms with van der Waals surface area (Å²) in [5, 5.41) is 1.05. The van der Waals surface area contributed by atoms with E-state index >= 15 is 0 Å². The maximum atomic E-state index is 4.09. The van der Waals surface area contributed by atoms with Gasteiger partial charge >= 0.3 is 0 Å². The SMILES string of the molecule is CSc1cc(Br)ccn1. The molecule has 0 saturated carbocycles. The number of thioether (sulfide) groups is 1. The topological polar surface area (TPSA) is 12.9 Å². The Morgan fingerprint density at radius 2 is 2.44 bits per heavy atom. The van der Waals surface area contributed by atoms with Gasteiger partial charge < -0.3 is 0 Å². The highest BCUT2D eigenvalue weighted by atomic mass is 79.9. The summed E-state index contributed by atoms with van der Waals surface area (Å²) in [4.78, 5) is 4.09. The van der Waals surface area contributed by atoms with Crippen LogP contribution >= 0.6 is 27.7 Å². The summed E-state index contributed by atoms with van der Waals surface area (Å²) in [6.07, 6.45) is 3.80. The first-order valence-electron chi connectivity index (χ1n) is 2.48. The highest BCUT2D eigenvalue weighted by Crippen LogP contribution is 2.15. The highest BCUT2D eigenvalue weighted by Gasteiger charge is 1.89. The molecule has 0 aliphatic carbocycles. The maximum absolute atomic E-state index is 4.09. The van der Waals surface area contributed by atoms with E-state index in [9.17, 15) is 0 Å². The molecule has 0 unspecified atom stereocenters. The Morgan fingerprint density at radius 3 is 2.89 bits per heavy atom. The summed E-state index contributed by atoms with van der Waals surface area (Å²) in [6, 6.07) is 3.91. The van der Waals surface area contributed by atoms with Crippen molar-refractivity contribution in [1.29, 1.82) is 0 Å². The van der Waals surface area contributed by atoms with Gasteiger partial charge in [0.15, 0.2) is 0 Å². The molecule has 0 bridgehead atoms. The van der Waals surface area contributed by atoms with Gasteiger partial charge in [-0.25, -0.2) is 4.98 Å². The zero-order chi connectivity index (χ0) is 6.69. The molecule has 1 heterocycles. The Labute approximate surface area is 67.0 Å². The standard InChI is InChI=1S/C6H6BrNS/c1-9-6-4-5(7)2-3-8-6/h2-4H,1H3. The third-order valence-electron chi connectivity index (χ3n) is 0.906. The predicted octanol–water partition coefficient (Wildman–Crippen LogP) is 2.57. The minimum Gasteiger partial charge on any atom is -0.250 e. The van der Waals surface area contributed by atoms with E-state index in [1.807, 2.05) is 18.4 Å². The van der Waals surface area contributed by atoms with Crippen molar-refractivity contribution in [3.63, 3.8) is 0 Å². The monoisotopic (exact) mass is 203 g/mol. The highest BCUT2D eigenvalue weighted by molar-refractivity contribution is 9.10. The average molecular weight is 204 g/mol. The Balaban J connectivity index is 2.94. The molecule has 3 heteroatoms. The lowest BCUT2D eigenvalue weighted by Gasteiger charge is -1.92. The van der Waals surface area contributed by atoms with Gasteiger partial charge in [-0.15, -0.1) is 11.8 Å². The van der Waals surface area contributed by atoms with Gasteiger partial charge in [-0.3, -0.25) is 0 Å². The molecule has 0 atom stereocenters. The van der Waals surface area contributed by atoms with Crippen molar-refractivity contribution >= 4 is 27.7 Å². The molecule has 1 rings (SSSR count). The number of pyridine rings is 1. The fourth-order valence-electron chi connectivity index (χ4n) is 0.497. The van der Waals surface area contributed by atoms with E-state index in [1.165, 1.54) is 0 Å². The quantitative estimate of drug-likeness (QED) is 0.652. The molecule has 1 aromatic rings. The molecule has 1 nitrogen and oxygen atoms in total. The van der Waals surface area contributed by atoms with Crippen molar-refractivity contribution in [3.8, 4) is 0 Å². The van der Waals surface area contributed by atoms with Crippen LogP contribution in [-0.4, -0.2) is 11.2 Å². The van der Waals surface area contributed by atoms with Gasteiger partial charge in [-0.1, -0.05) is 15.9 Å². The molecule has 0 amide bonds. The van der Waals surface area contributed by atoms with Gasteiger partial charge in [0.05, 0.1) is 5.03 Å². The minimum absolute atomic E-state index is 1.05. The van der Waals surface area contributed by atoms with Gasteiger partial charge in [0.2, 0.25) is 0 Å². The third-order valence-corrected chi connectivity index (χ3v) is 2.04. The first-order chi connectivity index (χ1) is 4.33. The Morgan fingerprint density at radius 1 is 1.67 bits per heavy atom. The molecule has 0 radical (unpaired) electrons. The van der Waals surface area contributed by atoms with Crippen molar-refractivity contribution in [1.82, 2.24) is 4.98 Å². The van der Waals surface area contributed by atoms with Crippen LogP contribution in [0.3, 0.4) is 0 Å². The molecule has 1 aromatic heterocycles. The van der Waals surface area contributed by atoms with Crippen LogP contribution in [0.4, 0.5) is 0 Å². The molecule has 0 aliphatic heterocycles. The van der Waals surface area contributed by atoms with Crippen LogP contribution in [0.1, 0.15) is 0 Å². The molecule has 0 N–H and O–H groups in total. The summed E-state index contributed by atoms with van der Waals surface area (Å²) in [5.74, 6) is 0. The van der Waals surface area contributed by atoms with E-state index in [0.717, 1.165) is 9.50 Å². The van der Waals surface area contributed by atoms with Gasteiger partial charge in [0, 0.05) is 10.7 Å². The lowest BCUT2D eigenvalue weighted by Crippen LogP contribution is -1.74. The molecule has 0 fully saturated rings.